The van der Waals surface area contributed by atoms with Gasteiger partial charge in [0.05, 0.1) is 22.2 Å². The van der Waals surface area contributed by atoms with E-state index >= 15 is 0 Å². The number of aryl methyl sites for hydroxylation is 1. The maximum Gasteiger partial charge on any atom is 0.230 e. The van der Waals surface area contributed by atoms with E-state index in [2.05, 4.69) is 10.3 Å². The Morgan fingerprint density at radius 1 is 1.38 bits per heavy atom. The van der Waals surface area contributed by atoms with Crippen molar-refractivity contribution in [1.82, 2.24) is 9.38 Å². The molecular formula is C14H11Cl2N3OS. The topological polar surface area (TPSA) is 46.4 Å². The second-order valence-corrected chi connectivity index (χ2v) is 6.27. The highest BCUT2D eigenvalue weighted by atomic mass is 35.5. The summed E-state index contributed by atoms with van der Waals surface area (Å²) in [6.45, 7) is 1.93. The molecule has 0 unspecified atom stereocenters. The zero-order chi connectivity index (χ0) is 15.0. The van der Waals surface area contributed by atoms with Crippen molar-refractivity contribution >= 4 is 51.1 Å². The summed E-state index contributed by atoms with van der Waals surface area (Å²) in [5.41, 5.74) is 2.48. The van der Waals surface area contributed by atoms with Crippen LogP contribution in [0.5, 0.6) is 0 Å². The summed E-state index contributed by atoms with van der Waals surface area (Å²) in [7, 11) is 0. The number of carbonyl (C=O) groups is 1. The number of benzene rings is 1. The predicted octanol–water partition coefficient (Wildman–Crippen LogP) is 4.19. The first-order valence-electron chi connectivity index (χ1n) is 6.20. The summed E-state index contributed by atoms with van der Waals surface area (Å²) < 4.78 is 1.94. The lowest BCUT2D eigenvalue weighted by atomic mass is 10.3. The molecule has 0 spiro atoms. The van der Waals surface area contributed by atoms with Crippen LogP contribution in [0, 0.1) is 6.92 Å². The van der Waals surface area contributed by atoms with Crippen LogP contribution < -0.4 is 5.32 Å². The lowest BCUT2D eigenvalue weighted by Crippen LogP contribution is -2.15. The standard InChI is InChI=1S/C14H11Cl2N3OS/c1-8-6-19-10(7-21-14(19)17-8)5-13(20)18-9-2-3-11(15)12(16)4-9/h2-4,6-7H,5H2,1H3,(H,18,20). The Hall–Kier alpha value is -1.56. The number of nitrogens with zero attached hydrogens (tertiary/aromatic N) is 2. The van der Waals surface area contributed by atoms with Crippen molar-refractivity contribution in [3.8, 4) is 0 Å². The maximum absolute atomic E-state index is 12.1. The van der Waals surface area contributed by atoms with E-state index in [1.54, 1.807) is 18.2 Å². The highest BCUT2D eigenvalue weighted by Crippen LogP contribution is 2.25. The molecule has 0 bridgehead atoms. The van der Waals surface area contributed by atoms with Crippen molar-refractivity contribution in [2.24, 2.45) is 0 Å². The van der Waals surface area contributed by atoms with Gasteiger partial charge in [-0.15, -0.1) is 11.3 Å². The number of carbonyl (C=O) groups excluding carboxylic acids is 1. The molecule has 2 aromatic heterocycles. The Morgan fingerprint density at radius 2 is 2.19 bits per heavy atom. The van der Waals surface area contributed by atoms with Gasteiger partial charge in [-0.2, -0.15) is 0 Å². The zero-order valence-corrected chi connectivity index (χ0v) is 13.4. The van der Waals surface area contributed by atoms with Crippen LogP contribution in [0.4, 0.5) is 5.69 Å². The average Bonchev–Trinajstić information content (AvgIpc) is 2.95. The predicted molar refractivity (Wildman–Crippen MR) is 86.6 cm³/mol. The Balaban J connectivity index is 1.75. The molecule has 3 rings (SSSR count). The summed E-state index contributed by atoms with van der Waals surface area (Å²) >= 11 is 13.3. The van der Waals surface area contributed by atoms with Crippen molar-refractivity contribution in [2.75, 3.05) is 5.32 Å². The van der Waals surface area contributed by atoms with E-state index in [0.717, 1.165) is 16.3 Å². The van der Waals surface area contributed by atoms with Gasteiger partial charge in [0.1, 0.15) is 0 Å². The third-order valence-corrected chi connectivity index (χ3v) is 4.58. The third kappa shape index (κ3) is 3.05. The first-order chi connectivity index (χ1) is 10.0. The van der Waals surface area contributed by atoms with Gasteiger partial charge in [-0.25, -0.2) is 4.98 Å². The molecule has 2 heterocycles. The summed E-state index contributed by atoms with van der Waals surface area (Å²) in [5, 5.41) is 5.62. The normalized spacial score (nSPS) is 11.0. The number of fused-ring (bicyclic) bond motifs is 1. The van der Waals surface area contributed by atoms with E-state index in [4.69, 9.17) is 23.2 Å². The van der Waals surface area contributed by atoms with Gasteiger partial charge in [-0.3, -0.25) is 9.20 Å². The third-order valence-electron chi connectivity index (χ3n) is 2.95. The Kier molecular flexibility index (Phi) is 3.89. The highest BCUT2D eigenvalue weighted by Gasteiger charge is 2.11. The summed E-state index contributed by atoms with van der Waals surface area (Å²) in [6.07, 6.45) is 2.20. The van der Waals surface area contributed by atoms with Gasteiger partial charge in [0.15, 0.2) is 4.96 Å². The molecule has 0 fully saturated rings. The van der Waals surface area contributed by atoms with E-state index < -0.39 is 0 Å². The Labute approximate surface area is 135 Å². The fraction of sp³-hybridized carbons (Fsp3) is 0.143. The second-order valence-electron chi connectivity index (χ2n) is 4.62. The van der Waals surface area contributed by atoms with Gasteiger partial charge in [-0.05, 0) is 25.1 Å². The average molecular weight is 340 g/mol. The lowest BCUT2D eigenvalue weighted by Gasteiger charge is -2.06. The van der Waals surface area contributed by atoms with Crippen LogP contribution in [0.25, 0.3) is 4.96 Å². The molecule has 7 heteroatoms. The summed E-state index contributed by atoms with van der Waals surface area (Å²) in [5.74, 6) is -0.112. The van der Waals surface area contributed by atoms with Gasteiger partial charge >= 0.3 is 0 Å². The fourth-order valence-corrected chi connectivity index (χ4v) is 3.23. The number of nitrogens with one attached hydrogen (secondary N) is 1. The number of thiazole rings is 1. The number of aromatic nitrogens is 2. The van der Waals surface area contributed by atoms with Crippen LogP contribution in [0.1, 0.15) is 11.4 Å². The first kappa shape index (κ1) is 14.4. The van der Waals surface area contributed by atoms with Crippen LogP contribution >= 0.6 is 34.5 Å². The highest BCUT2D eigenvalue weighted by molar-refractivity contribution is 7.15. The van der Waals surface area contributed by atoms with Crippen LogP contribution in [0.3, 0.4) is 0 Å². The first-order valence-corrected chi connectivity index (χ1v) is 7.83. The molecule has 0 aliphatic carbocycles. The van der Waals surface area contributed by atoms with Crippen LogP contribution in [0.15, 0.2) is 29.8 Å². The second kappa shape index (κ2) is 5.67. The van der Waals surface area contributed by atoms with Crippen molar-refractivity contribution in [3.63, 3.8) is 0 Å². The number of anilines is 1. The molecule has 0 saturated heterocycles. The number of rotatable bonds is 3. The summed E-state index contributed by atoms with van der Waals surface area (Å²) in [6, 6.07) is 5.00. The van der Waals surface area contributed by atoms with Crippen LogP contribution in [-0.2, 0) is 11.2 Å². The monoisotopic (exact) mass is 339 g/mol. The van der Waals surface area contributed by atoms with Crippen molar-refractivity contribution in [3.05, 3.63) is 51.2 Å². The van der Waals surface area contributed by atoms with E-state index in [-0.39, 0.29) is 12.3 Å². The van der Waals surface area contributed by atoms with E-state index in [1.165, 1.54) is 11.3 Å². The number of hydrogen-bond donors (Lipinski definition) is 1. The molecule has 4 nitrogen and oxygen atoms in total. The van der Waals surface area contributed by atoms with E-state index in [0.29, 0.717) is 15.7 Å². The molecule has 0 aliphatic rings. The molecule has 21 heavy (non-hydrogen) atoms. The minimum atomic E-state index is -0.112. The lowest BCUT2D eigenvalue weighted by molar-refractivity contribution is -0.115. The molecule has 0 radical (unpaired) electrons. The maximum atomic E-state index is 12.1. The minimum Gasteiger partial charge on any atom is -0.326 e. The van der Waals surface area contributed by atoms with E-state index in [1.807, 2.05) is 22.9 Å². The molecule has 108 valence electrons. The number of halogens is 2. The van der Waals surface area contributed by atoms with Crippen LogP contribution in [0.2, 0.25) is 10.0 Å². The van der Waals surface area contributed by atoms with Crippen LogP contribution in [-0.4, -0.2) is 15.3 Å². The van der Waals surface area contributed by atoms with Gasteiger partial charge in [-0.1, -0.05) is 23.2 Å². The van der Waals surface area contributed by atoms with Gasteiger partial charge in [0, 0.05) is 23.0 Å². The largest absolute Gasteiger partial charge is 0.326 e. The SMILES string of the molecule is Cc1cn2c(CC(=O)Nc3ccc(Cl)c(Cl)c3)csc2n1. The Bertz CT molecular complexity index is 825. The smallest absolute Gasteiger partial charge is 0.230 e. The van der Waals surface area contributed by atoms with Crippen molar-refractivity contribution in [1.29, 1.82) is 0 Å². The molecule has 1 N–H and O–H groups in total. The van der Waals surface area contributed by atoms with Gasteiger partial charge in [0.2, 0.25) is 5.91 Å². The van der Waals surface area contributed by atoms with Crippen molar-refractivity contribution < 1.29 is 4.79 Å². The molecule has 0 aliphatic heterocycles. The van der Waals surface area contributed by atoms with Gasteiger partial charge in [0.25, 0.3) is 0 Å². The van der Waals surface area contributed by atoms with Gasteiger partial charge < -0.3 is 5.32 Å². The number of hydrogen-bond acceptors (Lipinski definition) is 3. The van der Waals surface area contributed by atoms with Crippen molar-refractivity contribution in [2.45, 2.75) is 13.3 Å². The number of imidazole rings is 1. The fourth-order valence-electron chi connectivity index (χ4n) is 2.01. The molecule has 3 aromatic rings. The molecule has 1 aromatic carbocycles. The molecule has 0 atom stereocenters. The molecular weight excluding hydrogens is 329 g/mol. The Morgan fingerprint density at radius 3 is 2.95 bits per heavy atom. The quantitative estimate of drug-likeness (QED) is 0.777. The summed E-state index contributed by atoms with van der Waals surface area (Å²) in [4.78, 5) is 17.4. The zero-order valence-electron chi connectivity index (χ0n) is 11.1. The molecule has 0 saturated carbocycles. The molecule has 1 amide bonds. The minimum absolute atomic E-state index is 0.112. The number of amides is 1. The van der Waals surface area contributed by atoms with E-state index in [9.17, 15) is 4.79 Å².